The van der Waals surface area contributed by atoms with Gasteiger partial charge in [0.05, 0.1) is 0 Å². The van der Waals surface area contributed by atoms with E-state index in [2.05, 4.69) is 5.32 Å². The maximum atomic E-state index is 13.1. The third kappa shape index (κ3) is 2.83. The minimum atomic E-state index is -2.49. The van der Waals surface area contributed by atoms with Crippen LogP contribution in [0.2, 0.25) is 0 Å². The number of furan rings is 1. The zero-order valence-electron chi connectivity index (χ0n) is 9.40. The number of aliphatic hydroxyl groups excluding tert-OH is 1. The van der Waals surface area contributed by atoms with Crippen LogP contribution in [0.25, 0.3) is 0 Å². The maximum Gasteiger partial charge on any atom is 0.261 e. The van der Waals surface area contributed by atoms with Crippen LogP contribution in [0.4, 0.5) is 8.78 Å². The molecule has 1 aromatic heterocycles. The Morgan fingerprint density at radius 2 is 2.06 bits per heavy atom. The highest BCUT2D eigenvalue weighted by Crippen LogP contribution is 2.29. The molecule has 2 rings (SSSR count). The van der Waals surface area contributed by atoms with Crippen molar-refractivity contribution in [2.24, 2.45) is 0 Å². The normalized spacial score (nSPS) is 19.8. The fourth-order valence-electron chi connectivity index (χ4n) is 2.06. The van der Waals surface area contributed by atoms with Gasteiger partial charge in [0, 0.05) is 26.2 Å². The van der Waals surface area contributed by atoms with E-state index in [4.69, 9.17) is 9.52 Å². The van der Waals surface area contributed by atoms with Gasteiger partial charge in [-0.05, 0) is 12.1 Å². The van der Waals surface area contributed by atoms with Crippen molar-refractivity contribution in [2.75, 3.05) is 26.2 Å². The summed E-state index contributed by atoms with van der Waals surface area (Å²) >= 11 is 0. The molecule has 4 nitrogen and oxygen atoms in total. The largest absolute Gasteiger partial charge is 0.462 e. The van der Waals surface area contributed by atoms with Crippen LogP contribution in [-0.4, -0.2) is 42.6 Å². The Morgan fingerprint density at radius 3 is 2.59 bits per heavy atom. The van der Waals surface area contributed by atoms with Crippen molar-refractivity contribution in [3.05, 3.63) is 23.7 Å². The number of nitrogens with one attached hydrogen (secondary N) is 1. The summed E-state index contributed by atoms with van der Waals surface area (Å²) in [5.41, 5.74) is 0. The van der Waals surface area contributed by atoms with Gasteiger partial charge in [0.2, 0.25) is 0 Å². The summed E-state index contributed by atoms with van der Waals surface area (Å²) in [6.07, 6.45) is -2.49. The molecule has 96 valence electrons. The molecule has 0 spiro atoms. The van der Waals surface area contributed by atoms with Crippen LogP contribution in [0.3, 0.4) is 0 Å². The molecule has 1 fully saturated rings. The average molecular weight is 246 g/mol. The van der Waals surface area contributed by atoms with E-state index in [1.165, 1.54) is 12.1 Å². The Hall–Kier alpha value is -0.980. The maximum absolute atomic E-state index is 13.1. The van der Waals surface area contributed by atoms with Crippen LogP contribution in [0.1, 0.15) is 17.6 Å². The highest BCUT2D eigenvalue weighted by atomic mass is 19.3. The first-order chi connectivity index (χ1) is 8.22. The molecule has 0 amide bonds. The molecule has 0 unspecified atom stereocenters. The molecular weight excluding hydrogens is 230 g/mol. The van der Waals surface area contributed by atoms with Crippen LogP contribution in [0.5, 0.6) is 0 Å². The first-order valence-electron chi connectivity index (χ1n) is 5.64. The quantitative estimate of drug-likeness (QED) is 0.831. The second-order valence-corrected chi connectivity index (χ2v) is 4.03. The van der Waals surface area contributed by atoms with Crippen molar-refractivity contribution in [3.63, 3.8) is 0 Å². The Morgan fingerprint density at radius 1 is 1.35 bits per heavy atom. The van der Waals surface area contributed by atoms with Crippen molar-refractivity contribution >= 4 is 0 Å². The van der Waals surface area contributed by atoms with E-state index in [1.54, 1.807) is 4.90 Å². The molecule has 0 bridgehead atoms. The van der Waals surface area contributed by atoms with Gasteiger partial charge in [-0.25, -0.2) is 8.78 Å². The first kappa shape index (κ1) is 12.5. The van der Waals surface area contributed by atoms with E-state index >= 15 is 0 Å². The molecule has 0 aliphatic carbocycles. The summed E-state index contributed by atoms with van der Waals surface area (Å²) in [6.45, 7) is 2.29. The van der Waals surface area contributed by atoms with Crippen molar-refractivity contribution in [3.8, 4) is 0 Å². The Bertz CT molecular complexity index is 351. The van der Waals surface area contributed by atoms with E-state index in [9.17, 15) is 8.78 Å². The summed E-state index contributed by atoms with van der Waals surface area (Å²) in [4.78, 5) is 1.71. The molecule has 1 aliphatic heterocycles. The van der Waals surface area contributed by atoms with E-state index in [0.717, 1.165) is 0 Å². The molecule has 6 heteroatoms. The van der Waals surface area contributed by atoms with Crippen LogP contribution < -0.4 is 5.32 Å². The fourth-order valence-corrected chi connectivity index (χ4v) is 2.06. The molecule has 0 radical (unpaired) electrons. The van der Waals surface area contributed by atoms with Crippen LogP contribution in [0.15, 0.2) is 16.5 Å². The molecule has 1 atom stereocenters. The highest BCUT2D eigenvalue weighted by molar-refractivity contribution is 5.11. The summed E-state index contributed by atoms with van der Waals surface area (Å²) in [6, 6.07) is 2.04. The summed E-state index contributed by atoms with van der Waals surface area (Å²) in [7, 11) is 0. The number of nitrogens with zero attached hydrogens (tertiary/aromatic N) is 1. The fraction of sp³-hybridized carbons (Fsp3) is 0.636. The predicted molar refractivity (Wildman–Crippen MR) is 57.8 cm³/mol. The van der Waals surface area contributed by atoms with Gasteiger partial charge in [0.15, 0.2) is 0 Å². The molecule has 1 aliphatic rings. The van der Waals surface area contributed by atoms with Gasteiger partial charge < -0.3 is 14.8 Å². The summed E-state index contributed by atoms with van der Waals surface area (Å²) < 4.78 is 31.4. The minimum Gasteiger partial charge on any atom is -0.462 e. The van der Waals surface area contributed by atoms with Crippen molar-refractivity contribution in [2.45, 2.75) is 19.1 Å². The number of piperazine rings is 1. The SMILES string of the molecule is OCc1ccc([C@H](C(F)F)N2CCNCC2)o1. The van der Waals surface area contributed by atoms with E-state index in [1.807, 2.05) is 0 Å². The number of halogens is 2. The van der Waals surface area contributed by atoms with Gasteiger partial charge in [-0.2, -0.15) is 0 Å². The molecule has 2 N–H and O–H groups in total. The number of aliphatic hydroxyl groups is 1. The number of alkyl halides is 2. The number of rotatable bonds is 4. The van der Waals surface area contributed by atoms with Gasteiger partial charge in [0.25, 0.3) is 6.43 Å². The number of hydrogen-bond acceptors (Lipinski definition) is 4. The topological polar surface area (TPSA) is 48.6 Å². The van der Waals surface area contributed by atoms with Crippen LogP contribution in [-0.2, 0) is 6.61 Å². The molecule has 2 heterocycles. The zero-order chi connectivity index (χ0) is 12.3. The molecule has 0 saturated carbocycles. The third-order valence-electron chi connectivity index (χ3n) is 2.91. The highest BCUT2D eigenvalue weighted by Gasteiger charge is 2.32. The molecule has 17 heavy (non-hydrogen) atoms. The summed E-state index contributed by atoms with van der Waals surface area (Å²) in [5.74, 6) is 0.548. The minimum absolute atomic E-state index is 0.228. The lowest BCUT2D eigenvalue weighted by atomic mass is 10.1. The molecular formula is C11H16F2N2O2. The van der Waals surface area contributed by atoms with Gasteiger partial charge in [-0.3, -0.25) is 4.90 Å². The van der Waals surface area contributed by atoms with Crippen molar-refractivity contribution in [1.29, 1.82) is 0 Å². The second-order valence-electron chi connectivity index (χ2n) is 4.03. The van der Waals surface area contributed by atoms with E-state index < -0.39 is 12.5 Å². The lowest BCUT2D eigenvalue weighted by Gasteiger charge is -2.33. The first-order valence-corrected chi connectivity index (χ1v) is 5.64. The second kappa shape index (κ2) is 5.57. The van der Waals surface area contributed by atoms with Gasteiger partial charge in [-0.15, -0.1) is 0 Å². The molecule has 0 aromatic carbocycles. The molecule has 1 aromatic rings. The smallest absolute Gasteiger partial charge is 0.261 e. The average Bonchev–Trinajstić information content (AvgIpc) is 2.79. The van der Waals surface area contributed by atoms with Gasteiger partial charge in [-0.1, -0.05) is 0 Å². The molecule has 1 saturated heterocycles. The van der Waals surface area contributed by atoms with Gasteiger partial charge >= 0.3 is 0 Å². The Kier molecular flexibility index (Phi) is 4.09. The Balaban J connectivity index is 2.15. The van der Waals surface area contributed by atoms with Crippen molar-refractivity contribution < 1.29 is 18.3 Å². The summed E-state index contributed by atoms with van der Waals surface area (Å²) in [5, 5.41) is 12.0. The third-order valence-corrected chi connectivity index (χ3v) is 2.91. The van der Waals surface area contributed by atoms with E-state index in [0.29, 0.717) is 31.9 Å². The van der Waals surface area contributed by atoms with Crippen molar-refractivity contribution in [1.82, 2.24) is 10.2 Å². The van der Waals surface area contributed by atoms with Crippen LogP contribution >= 0.6 is 0 Å². The standard InChI is InChI=1S/C11H16F2N2O2/c12-11(13)10(15-5-3-14-4-6-15)9-2-1-8(7-16)17-9/h1-2,10-11,14,16H,3-7H2/t10-/m1/s1. The lowest BCUT2D eigenvalue weighted by molar-refractivity contribution is 0.00641. The van der Waals surface area contributed by atoms with Gasteiger partial charge in [0.1, 0.15) is 24.2 Å². The lowest BCUT2D eigenvalue weighted by Crippen LogP contribution is -2.46. The van der Waals surface area contributed by atoms with Crippen LogP contribution in [0, 0.1) is 0 Å². The Labute approximate surface area is 98.2 Å². The predicted octanol–water partition coefficient (Wildman–Crippen LogP) is 0.983. The monoisotopic (exact) mass is 246 g/mol. The number of hydrogen-bond donors (Lipinski definition) is 2. The van der Waals surface area contributed by atoms with E-state index in [-0.39, 0.29) is 12.4 Å². The zero-order valence-corrected chi connectivity index (χ0v) is 9.40.